The number of aromatic nitrogens is 4. The van der Waals surface area contributed by atoms with Crippen molar-refractivity contribution < 1.29 is 44.3 Å². The van der Waals surface area contributed by atoms with Gasteiger partial charge in [-0.2, -0.15) is 40.2 Å². The van der Waals surface area contributed by atoms with Crippen molar-refractivity contribution in [2.24, 2.45) is 0 Å². The molecule has 0 bridgehead atoms. The fraction of sp³-hybridized carbons (Fsp3) is 0.280. The van der Waals surface area contributed by atoms with E-state index in [-0.39, 0.29) is 29.7 Å². The Balaban J connectivity index is 1.57. The van der Waals surface area contributed by atoms with E-state index in [1.165, 1.54) is 18.5 Å². The highest BCUT2D eigenvalue weighted by molar-refractivity contribution is 6.01. The molecule has 0 saturated carbocycles. The summed E-state index contributed by atoms with van der Waals surface area (Å²) in [5.74, 6) is -6.66. The standard InChI is InChI=1S/C25H20F9N7O/c1-12(2)41-20-17(19(35)36-11-37-20)18(40-41)13-6-8-15(9-7-13)38-21(42)39-16-5-3-4-14(10-16)22(26,24(29,30)31)23(27,28)25(32,33)34/h3-12H,1-2H3,(H2,35,36,37)(H2,38,39,42). The smallest absolute Gasteiger partial charge is 0.383 e. The molecule has 42 heavy (non-hydrogen) atoms. The number of hydrogen-bond acceptors (Lipinski definition) is 5. The highest BCUT2D eigenvalue weighted by Gasteiger charge is 2.81. The molecule has 224 valence electrons. The molecule has 4 rings (SSSR count). The Labute approximate surface area is 230 Å². The summed E-state index contributed by atoms with van der Waals surface area (Å²) in [6.45, 7) is 3.77. The number of nitrogens with two attached hydrogens (primary N) is 1. The van der Waals surface area contributed by atoms with Crippen molar-refractivity contribution >= 4 is 34.3 Å². The minimum Gasteiger partial charge on any atom is -0.383 e. The molecule has 1 atom stereocenters. The lowest BCUT2D eigenvalue weighted by Gasteiger charge is -2.36. The molecule has 2 heterocycles. The van der Waals surface area contributed by atoms with Gasteiger partial charge in [0.05, 0.1) is 5.39 Å². The Hall–Kier alpha value is -4.57. The lowest BCUT2D eigenvalue weighted by Crippen LogP contribution is -2.59. The van der Waals surface area contributed by atoms with E-state index in [1.807, 2.05) is 19.2 Å². The molecule has 0 aliphatic carbocycles. The Bertz CT molecular complexity index is 1620. The number of nitrogen functional groups attached to an aromatic ring is 1. The largest absolute Gasteiger partial charge is 0.457 e. The summed E-state index contributed by atoms with van der Waals surface area (Å²) in [5.41, 5.74) is -1.22. The van der Waals surface area contributed by atoms with Crippen LogP contribution in [0.3, 0.4) is 0 Å². The van der Waals surface area contributed by atoms with Crippen LogP contribution in [-0.2, 0) is 5.67 Å². The van der Waals surface area contributed by atoms with E-state index in [0.717, 1.165) is 6.07 Å². The zero-order valence-electron chi connectivity index (χ0n) is 21.4. The highest BCUT2D eigenvalue weighted by Crippen LogP contribution is 2.58. The zero-order chi connectivity index (χ0) is 31.3. The van der Waals surface area contributed by atoms with Crippen LogP contribution in [0.4, 0.5) is 61.5 Å². The van der Waals surface area contributed by atoms with Crippen LogP contribution in [0.15, 0.2) is 54.9 Å². The van der Waals surface area contributed by atoms with Crippen molar-refractivity contribution in [1.29, 1.82) is 0 Å². The maximum absolute atomic E-state index is 14.8. The van der Waals surface area contributed by atoms with Crippen molar-refractivity contribution in [2.45, 2.75) is 43.8 Å². The fourth-order valence-corrected chi connectivity index (χ4v) is 4.09. The number of fused-ring (bicyclic) bond motifs is 1. The van der Waals surface area contributed by atoms with Gasteiger partial charge in [0.25, 0.3) is 0 Å². The third kappa shape index (κ3) is 5.14. The van der Waals surface area contributed by atoms with Crippen LogP contribution in [-0.4, -0.2) is 44.1 Å². The SMILES string of the molecule is CC(C)n1nc(-c2ccc(NC(=O)Nc3cccc(C(F)(C(F)(F)F)C(F)(F)C(F)(F)F)c3)cc2)c2c(N)ncnc21. The molecular formula is C25H20F9N7O. The van der Waals surface area contributed by atoms with Crippen LogP contribution in [0, 0.1) is 0 Å². The Morgan fingerprint density at radius 3 is 2.05 bits per heavy atom. The number of benzene rings is 2. The van der Waals surface area contributed by atoms with Crippen molar-refractivity contribution in [2.75, 3.05) is 16.4 Å². The molecule has 0 saturated heterocycles. The number of hydrogen-bond donors (Lipinski definition) is 3. The normalized spacial score (nSPS) is 14.2. The van der Waals surface area contributed by atoms with Gasteiger partial charge in [-0.1, -0.05) is 24.3 Å². The summed E-state index contributed by atoms with van der Waals surface area (Å²) >= 11 is 0. The van der Waals surface area contributed by atoms with Gasteiger partial charge in [-0.3, -0.25) is 0 Å². The molecule has 2 aromatic carbocycles. The van der Waals surface area contributed by atoms with Crippen molar-refractivity contribution in [3.8, 4) is 11.3 Å². The zero-order valence-corrected chi connectivity index (χ0v) is 21.4. The quantitative estimate of drug-likeness (QED) is 0.201. The van der Waals surface area contributed by atoms with E-state index in [0.29, 0.717) is 28.4 Å². The Morgan fingerprint density at radius 2 is 1.48 bits per heavy atom. The monoisotopic (exact) mass is 605 g/mol. The summed E-state index contributed by atoms with van der Waals surface area (Å²) in [6.07, 6.45) is -12.2. The molecule has 4 aromatic rings. The maximum atomic E-state index is 14.8. The van der Waals surface area contributed by atoms with Gasteiger partial charge in [0.2, 0.25) is 0 Å². The second-order valence-corrected chi connectivity index (χ2v) is 9.31. The second-order valence-electron chi connectivity index (χ2n) is 9.31. The number of carbonyl (C=O) groups is 1. The van der Waals surface area contributed by atoms with Gasteiger partial charge >= 0.3 is 30.0 Å². The first-order valence-electron chi connectivity index (χ1n) is 11.9. The second kappa shape index (κ2) is 10.4. The van der Waals surface area contributed by atoms with Crippen molar-refractivity contribution in [3.63, 3.8) is 0 Å². The molecule has 0 spiro atoms. The fourth-order valence-electron chi connectivity index (χ4n) is 4.09. The Kier molecular flexibility index (Phi) is 7.50. The molecule has 0 fully saturated rings. The molecule has 0 aliphatic heterocycles. The van der Waals surface area contributed by atoms with E-state index >= 15 is 0 Å². The van der Waals surface area contributed by atoms with E-state index in [4.69, 9.17) is 5.73 Å². The summed E-state index contributed by atoms with van der Waals surface area (Å²) in [6, 6.07) is 6.36. The maximum Gasteiger partial charge on any atom is 0.457 e. The number of urea groups is 1. The number of amides is 2. The molecule has 2 aromatic heterocycles. The lowest BCUT2D eigenvalue weighted by atomic mass is 9.87. The van der Waals surface area contributed by atoms with Gasteiger partial charge in [0, 0.05) is 28.5 Å². The van der Waals surface area contributed by atoms with Crippen LogP contribution < -0.4 is 16.4 Å². The van der Waals surface area contributed by atoms with E-state index in [2.05, 4.69) is 20.4 Å². The van der Waals surface area contributed by atoms with Gasteiger partial charge in [0.1, 0.15) is 17.8 Å². The van der Waals surface area contributed by atoms with Crippen LogP contribution in [0.5, 0.6) is 0 Å². The van der Waals surface area contributed by atoms with Crippen molar-refractivity contribution in [1.82, 2.24) is 19.7 Å². The van der Waals surface area contributed by atoms with E-state index in [1.54, 1.807) is 16.8 Å². The number of alkyl halides is 9. The van der Waals surface area contributed by atoms with Gasteiger partial charge in [-0.15, -0.1) is 0 Å². The van der Waals surface area contributed by atoms with Gasteiger partial charge in [-0.25, -0.2) is 23.8 Å². The first kappa shape index (κ1) is 30.4. The predicted molar refractivity (Wildman–Crippen MR) is 134 cm³/mol. The molecule has 8 nitrogen and oxygen atoms in total. The molecule has 0 radical (unpaired) electrons. The third-order valence-electron chi connectivity index (χ3n) is 6.12. The first-order chi connectivity index (χ1) is 19.4. The summed E-state index contributed by atoms with van der Waals surface area (Å²) < 4.78 is 122. The minimum atomic E-state index is -6.87. The van der Waals surface area contributed by atoms with Crippen molar-refractivity contribution in [3.05, 3.63) is 60.4 Å². The van der Waals surface area contributed by atoms with E-state index < -0.39 is 41.2 Å². The average Bonchev–Trinajstić information content (AvgIpc) is 3.29. The Morgan fingerprint density at radius 1 is 0.857 bits per heavy atom. The van der Waals surface area contributed by atoms with Crippen LogP contribution in [0.2, 0.25) is 0 Å². The van der Waals surface area contributed by atoms with Crippen LogP contribution in [0.1, 0.15) is 25.5 Å². The third-order valence-corrected chi connectivity index (χ3v) is 6.12. The predicted octanol–water partition coefficient (Wildman–Crippen LogP) is 7.23. The average molecular weight is 605 g/mol. The number of anilines is 3. The topological polar surface area (TPSA) is 111 Å². The summed E-state index contributed by atoms with van der Waals surface area (Å²) in [7, 11) is 0. The van der Waals surface area contributed by atoms with Gasteiger partial charge in [0.15, 0.2) is 5.65 Å². The highest BCUT2D eigenvalue weighted by atomic mass is 19.4. The minimum absolute atomic E-state index is 0.0401. The number of nitrogens with zero attached hydrogens (tertiary/aromatic N) is 4. The van der Waals surface area contributed by atoms with Crippen LogP contribution in [0.25, 0.3) is 22.3 Å². The van der Waals surface area contributed by atoms with E-state index in [9.17, 15) is 44.3 Å². The van der Waals surface area contributed by atoms with Crippen LogP contribution >= 0.6 is 0 Å². The number of nitrogens with one attached hydrogen (secondary N) is 2. The molecule has 1 unspecified atom stereocenters. The number of rotatable bonds is 6. The number of carbonyl (C=O) groups excluding carboxylic acids is 1. The summed E-state index contributed by atoms with van der Waals surface area (Å²) in [5, 5.41) is 9.33. The first-order valence-corrected chi connectivity index (χ1v) is 11.9. The molecule has 2 amide bonds. The molecule has 17 heteroatoms. The lowest BCUT2D eigenvalue weighted by molar-refractivity contribution is -0.389. The van der Waals surface area contributed by atoms with Gasteiger partial charge < -0.3 is 16.4 Å². The molecule has 0 aliphatic rings. The molecule has 4 N–H and O–H groups in total. The summed E-state index contributed by atoms with van der Waals surface area (Å²) in [4.78, 5) is 20.6. The number of halogens is 9. The molecular weight excluding hydrogens is 585 g/mol. The van der Waals surface area contributed by atoms with Gasteiger partial charge in [-0.05, 0) is 38.1 Å².